The molecule has 0 aliphatic heterocycles. The molecule has 1 rings (SSSR count). The van der Waals surface area contributed by atoms with Crippen LogP contribution in [0.5, 0.6) is 5.75 Å². The van der Waals surface area contributed by atoms with Crippen molar-refractivity contribution in [3.63, 3.8) is 0 Å². The maximum atomic E-state index is 11.2. The van der Waals surface area contributed by atoms with Gasteiger partial charge in [-0.2, -0.15) is 0 Å². The van der Waals surface area contributed by atoms with Crippen LogP contribution < -0.4 is 10.1 Å². The molecular formula is C10H11BrN2O4. The minimum absolute atomic E-state index is 0.0444. The van der Waals surface area contributed by atoms with E-state index < -0.39 is 11.0 Å². The number of halogens is 1. The zero-order chi connectivity index (χ0) is 12.7. The van der Waals surface area contributed by atoms with Gasteiger partial charge in [-0.3, -0.25) is 10.1 Å². The normalized spacial score (nSPS) is 9.71. The molecule has 1 N–H and O–H groups in total. The second-order valence-corrected chi connectivity index (χ2v) is 3.90. The molecule has 92 valence electrons. The molecule has 17 heavy (non-hydrogen) atoms. The fraction of sp³-hybridized carbons (Fsp3) is 0.300. The second kappa shape index (κ2) is 6.85. The molecule has 1 amide bonds. The van der Waals surface area contributed by atoms with Gasteiger partial charge in [-0.05, 0) is 18.6 Å². The summed E-state index contributed by atoms with van der Waals surface area (Å²) in [6.45, 7) is 0.511. The maximum absolute atomic E-state index is 11.2. The zero-order valence-corrected chi connectivity index (χ0v) is 10.5. The summed E-state index contributed by atoms with van der Waals surface area (Å²) in [4.78, 5) is 21.1. The van der Waals surface area contributed by atoms with Gasteiger partial charge in [0.2, 0.25) is 0 Å². The van der Waals surface area contributed by atoms with Gasteiger partial charge in [0, 0.05) is 24.0 Å². The Labute approximate surface area is 106 Å². The van der Waals surface area contributed by atoms with Gasteiger partial charge in [-0.1, -0.05) is 15.9 Å². The van der Waals surface area contributed by atoms with E-state index in [-0.39, 0.29) is 11.4 Å². The van der Waals surface area contributed by atoms with Crippen molar-refractivity contribution in [3.05, 3.63) is 34.4 Å². The molecule has 0 saturated heterocycles. The van der Waals surface area contributed by atoms with Crippen molar-refractivity contribution in [2.24, 2.45) is 0 Å². The summed E-state index contributed by atoms with van der Waals surface area (Å²) in [5.74, 6) is 0.270. The number of amides is 1. The molecule has 0 unspecified atom stereocenters. The molecule has 0 spiro atoms. The summed E-state index contributed by atoms with van der Waals surface area (Å²) in [6.07, 6.45) is 0.231. The molecule has 0 saturated carbocycles. The van der Waals surface area contributed by atoms with E-state index in [2.05, 4.69) is 21.2 Å². The number of ether oxygens (including phenoxy) is 1. The Hall–Kier alpha value is -1.63. The Bertz CT molecular complexity index is 394. The van der Waals surface area contributed by atoms with Crippen LogP contribution in [0.15, 0.2) is 24.3 Å². The molecule has 0 aliphatic carbocycles. The summed E-state index contributed by atoms with van der Waals surface area (Å²) in [5, 5.41) is 13.7. The van der Waals surface area contributed by atoms with Crippen molar-refractivity contribution in [1.82, 2.24) is 5.32 Å². The first-order valence-corrected chi connectivity index (χ1v) is 6.01. The highest BCUT2D eigenvalue weighted by Crippen LogP contribution is 2.17. The highest BCUT2D eigenvalue weighted by molar-refractivity contribution is 9.09. The molecule has 1 aromatic carbocycles. The van der Waals surface area contributed by atoms with E-state index in [1.807, 2.05) is 0 Å². The number of nitrogens with zero attached hydrogens (tertiary/aromatic N) is 1. The summed E-state index contributed by atoms with van der Waals surface area (Å²) >= 11 is 3.23. The third-order valence-corrected chi connectivity index (χ3v) is 2.40. The largest absolute Gasteiger partial charge is 0.412 e. The van der Waals surface area contributed by atoms with E-state index in [0.29, 0.717) is 6.54 Å². The quantitative estimate of drug-likeness (QED) is 0.392. The van der Waals surface area contributed by atoms with Crippen molar-refractivity contribution in [3.8, 4) is 5.75 Å². The molecule has 0 fully saturated rings. The minimum Gasteiger partial charge on any atom is -0.410 e. The van der Waals surface area contributed by atoms with Crippen molar-refractivity contribution in [2.75, 3.05) is 11.9 Å². The molecule has 0 radical (unpaired) electrons. The van der Waals surface area contributed by atoms with Crippen LogP contribution in [0.1, 0.15) is 6.42 Å². The first kappa shape index (κ1) is 13.4. The van der Waals surface area contributed by atoms with Crippen LogP contribution >= 0.6 is 15.9 Å². The zero-order valence-electron chi connectivity index (χ0n) is 8.89. The Kier molecular flexibility index (Phi) is 5.41. The van der Waals surface area contributed by atoms with Crippen LogP contribution in [0.25, 0.3) is 0 Å². The van der Waals surface area contributed by atoms with Crippen LogP contribution in [0.3, 0.4) is 0 Å². The molecule has 7 heteroatoms. The first-order chi connectivity index (χ1) is 8.13. The van der Waals surface area contributed by atoms with Gasteiger partial charge >= 0.3 is 6.09 Å². The van der Waals surface area contributed by atoms with Crippen LogP contribution in [0, 0.1) is 10.1 Å². The number of nitrogens with one attached hydrogen (secondary N) is 1. The summed E-state index contributed by atoms with van der Waals surface area (Å²) in [6, 6.07) is 5.31. The van der Waals surface area contributed by atoms with Crippen molar-refractivity contribution >= 4 is 27.7 Å². The van der Waals surface area contributed by atoms with Gasteiger partial charge in [0.15, 0.2) is 0 Å². The van der Waals surface area contributed by atoms with Crippen LogP contribution in [0.2, 0.25) is 0 Å². The lowest BCUT2D eigenvalue weighted by Gasteiger charge is -2.05. The van der Waals surface area contributed by atoms with Crippen molar-refractivity contribution in [2.45, 2.75) is 6.42 Å². The Morgan fingerprint density at radius 3 is 2.59 bits per heavy atom. The Morgan fingerprint density at radius 2 is 2.06 bits per heavy atom. The lowest BCUT2D eigenvalue weighted by atomic mass is 10.3. The molecule has 0 bridgehead atoms. The van der Waals surface area contributed by atoms with E-state index in [1.165, 1.54) is 24.3 Å². The van der Waals surface area contributed by atoms with Gasteiger partial charge in [-0.25, -0.2) is 4.79 Å². The van der Waals surface area contributed by atoms with Crippen LogP contribution in [0.4, 0.5) is 10.5 Å². The number of alkyl halides is 1. The molecule has 0 aliphatic rings. The number of carbonyl (C=O) groups excluding carboxylic acids is 1. The van der Waals surface area contributed by atoms with Crippen molar-refractivity contribution in [1.29, 1.82) is 0 Å². The summed E-state index contributed by atoms with van der Waals surface area (Å²) < 4.78 is 4.91. The number of hydrogen-bond donors (Lipinski definition) is 1. The second-order valence-electron chi connectivity index (χ2n) is 3.11. The Morgan fingerprint density at radius 1 is 1.41 bits per heavy atom. The van der Waals surface area contributed by atoms with Gasteiger partial charge in [0.1, 0.15) is 5.75 Å². The van der Waals surface area contributed by atoms with E-state index in [1.54, 1.807) is 0 Å². The number of rotatable bonds is 5. The fourth-order valence-electron chi connectivity index (χ4n) is 1.04. The number of carbonyl (C=O) groups is 1. The summed E-state index contributed by atoms with van der Waals surface area (Å²) in [7, 11) is 0. The minimum atomic E-state index is -0.570. The highest BCUT2D eigenvalue weighted by atomic mass is 79.9. The monoisotopic (exact) mass is 302 g/mol. The van der Waals surface area contributed by atoms with Crippen molar-refractivity contribution < 1.29 is 14.5 Å². The molecule has 0 heterocycles. The van der Waals surface area contributed by atoms with E-state index in [4.69, 9.17) is 4.74 Å². The summed E-state index contributed by atoms with van der Waals surface area (Å²) in [5.41, 5.74) is -0.0444. The molecule has 1 aromatic rings. The topological polar surface area (TPSA) is 81.5 Å². The highest BCUT2D eigenvalue weighted by Gasteiger charge is 2.07. The SMILES string of the molecule is O=C(NCCCBr)Oc1ccc([N+](=O)[O-])cc1. The standard InChI is InChI=1S/C10H11BrN2O4/c11-6-1-7-12-10(14)17-9-4-2-8(3-5-9)13(15)16/h2-5H,1,6-7H2,(H,12,14). The van der Waals surface area contributed by atoms with Crippen LogP contribution in [-0.4, -0.2) is 22.9 Å². The average Bonchev–Trinajstić information content (AvgIpc) is 2.30. The van der Waals surface area contributed by atoms with Gasteiger partial charge < -0.3 is 10.1 Å². The lowest BCUT2D eigenvalue weighted by Crippen LogP contribution is -2.27. The number of benzene rings is 1. The fourth-order valence-corrected chi connectivity index (χ4v) is 1.32. The van der Waals surface area contributed by atoms with Crippen LogP contribution in [-0.2, 0) is 0 Å². The van der Waals surface area contributed by atoms with Gasteiger partial charge in [0.25, 0.3) is 5.69 Å². The number of non-ortho nitro benzene ring substituents is 1. The van der Waals surface area contributed by atoms with E-state index in [0.717, 1.165) is 11.8 Å². The van der Waals surface area contributed by atoms with Gasteiger partial charge in [-0.15, -0.1) is 0 Å². The number of hydrogen-bond acceptors (Lipinski definition) is 4. The van der Waals surface area contributed by atoms with Gasteiger partial charge in [0.05, 0.1) is 4.92 Å². The smallest absolute Gasteiger partial charge is 0.410 e. The maximum Gasteiger partial charge on any atom is 0.412 e. The molecule has 6 nitrogen and oxygen atoms in total. The van der Waals surface area contributed by atoms with E-state index >= 15 is 0 Å². The molecule has 0 atom stereocenters. The van der Waals surface area contributed by atoms with E-state index in [9.17, 15) is 14.9 Å². The Balaban J connectivity index is 2.46. The average molecular weight is 303 g/mol. The predicted octanol–water partition coefficient (Wildman–Crippen LogP) is 2.47. The lowest BCUT2D eigenvalue weighted by molar-refractivity contribution is -0.384. The first-order valence-electron chi connectivity index (χ1n) is 4.89. The predicted molar refractivity (Wildman–Crippen MR) is 65.5 cm³/mol. The number of nitro groups is 1. The molecular weight excluding hydrogens is 292 g/mol. The third kappa shape index (κ3) is 4.81. The third-order valence-electron chi connectivity index (χ3n) is 1.84. The number of nitro benzene ring substituents is 1. The molecule has 0 aromatic heterocycles.